The van der Waals surface area contributed by atoms with Gasteiger partial charge in [0.05, 0.1) is 24.4 Å². The van der Waals surface area contributed by atoms with Gasteiger partial charge in [-0.15, -0.1) is 0 Å². The SMILES string of the molecule is CC1C(CSc2ncccn2)OC(c2cccc(-c3cccc(CNC(=O)c4cccnc4)c3)c2)OC1c1ccc(CO)cc1. The lowest BCUT2D eigenvalue weighted by Crippen LogP contribution is -2.38. The molecule has 6 rings (SSSR count). The molecule has 0 bridgehead atoms. The fourth-order valence-corrected chi connectivity index (χ4v) is 6.30. The van der Waals surface area contributed by atoms with E-state index in [1.54, 1.807) is 54.7 Å². The lowest BCUT2D eigenvalue weighted by atomic mass is 9.91. The minimum absolute atomic E-state index is 0.00565. The highest BCUT2D eigenvalue weighted by atomic mass is 32.2. The van der Waals surface area contributed by atoms with E-state index in [0.29, 0.717) is 23.0 Å². The van der Waals surface area contributed by atoms with Crippen LogP contribution >= 0.6 is 11.8 Å². The van der Waals surface area contributed by atoms with E-state index in [-0.39, 0.29) is 30.6 Å². The fourth-order valence-electron chi connectivity index (χ4n) is 5.33. The van der Waals surface area contributed by atoms with E-state index >= 15 is 0 Å². The van der Waals surface area contributed by atoms with Crippen molar-refractivity contribution >= 4 is 17.7 Å². The van der Waals surface area contributed by atoms with Gasteiger partial charge in [-0.1, -0.05) is 79.3 Å². The van der Waals surface area contributed by atoms with Gasteiger partial charge in [0.25, 0.3) is 5.91 Å². The molecule has 3 aromatic carbocycles. The van der Waals surface area contributed by atoms with E-state index in [1.807, 2.05) is 48.5 Å². The van der Waals surface area contributed by atoms with E-state index in [4.69, 9.17) is 9.47 Å². The number of nitrogens with one attached hydrogen (secondary N) is 1. The van der Waals surface area contributed by atoms with Gasteiger partial charge in [0.15, 0.2) is 11.4 Å². The van der Waals surface area contributed by atoms with Crippen molar-refractivity contribution in [1.29, 1.82) is 0 Å². The number of amides is 1. The zero-order valence-electron chi connectivity index (χ0n) is 24.8. The summed E-state index contributed by atoms with van der Waals surface area (Å²) in [4.78, 5) is 25.3. The Hall–Kier alpha value is -4.41. The molecule has 2 N–H and O–H groups in total. The molecule has 0 radical (unpaired) electrons. The van der Waals surface area contributed by atoms with E-state index < -0.39 is 6.29 Å². The molecule has 1 fully saturated rings. The first-order valence-electron chi connectivity index (χ1n) is 14.9. The van der Waals surface area contributed by atoms with Crippen molar-refractivity contribution in [1.82, 2.24) is 20.3 Å². The number of aromatic nitrogens is 3. The van der Waals surface area contributed by atoms with Crippen molar-refractivity contribution in [2.75, 3.05) is 5.75 Å². The normalized spacial score (nSPS) is 19.6. The Morgan fingerprint density at radius 1 is 0.844 bits per heavy atom. The predicted octanol–water partition coefficient (Wildman–Crippen LogP) is 6.54. The number of hydrogen-bond acceptors (Lipinski definition) is 8. The molecule has 1 amide bonds. The average molecular weight is 619 g/mol. The molecule has 4 atom stereocenters. The molecule has 1 aliphatic rings. The van der Waals surface area contributed by atoms with Crippen LogP contribution in [0.4, 0.5) is 0 Å². The lowest BCUT2D eigenvalue weighted by Gasteiger charge is -2.41. The second-order valence-electron chi connectivity index (χ2n) is 10.9. The van der Waals surface area contributed by atoms with Crippen LogP contribution in [0.15, 0.2) is 121 Å². The Bertz CT molecular complexity index is 1710. The topological polar surface area (TPSA) is 106 Å². The quantitative estimate of drug-likeness (QED) is 0.134. The molecule has 3 heterocycles. The van der Waals surface area contributed by atoms with Crippen molar-refractivity contribution in [3.8, 4) is 11.1 Å². The van der Waals surface area contributed by atoms with Crippen LogP contribution in [0.5, 0.6) is 0 Å². The summed E-state index contributed by atoms with van der Waals surface area (Å²) in [6.45, 7) is 2.54. The van der Waals surface area contributed by atoms with E-state index in [2.05, 4.69) is 51.5 Å². The second-order valence-corrected chi connectivity index (χ2v) is 11.9. The Kier molecular flexibility index (Phi) is 9.92. The summed E-state index contributed by atoms with van der Waals surface area (Å²) >= 11 is 1.57. The van der Waals surface area contributed by atoms with Gasteiger partial charge in [-0.25, -0.2) is 9.97 Å². The maximum Gasteiger partial charge on any atom is 0.253 e. The molecular weight excluding hydrogens is 584 g/mol. The lowest BCUT2D eigenvalue weighted by molar-refractivity contribution is -0.268. The van der Waals surface area contributed by atoms with Gasteiger partial charge in [0.2, 0.25) is 0 Å². The van der Waals surface area contributed by atoms with Gasteiger partial charge in [-0.05, 0) is 58.1 Å². The number of thioether (sulfide) groups is 1. The molecule has 8 nitrogen and oxygen atoms in total. The van der Waals surface area contributed by atoms with Crippen LogP contribution in [0, 0.1) is 5.92 Å². The Morgan fingerprint density at radius 2 is 1.62 bits per heavy atom. The first-order chi connectivity index (χ1) is 22.1. The molecule has 45 heavy (non-hydrogen) atoms. The largest absolute Gasteiger partial charge is 0.392 e. The van der Waals surface area contributed by atoms with E-state index in [9.17, 15) is 9.90 Å². The first kappa shape index (κ1) is 30.6. The minimum atomic E-state index is -0.590. The molecule has 228 valence electrons. The van der Waals surface area contributed by atoms with Gasteiger partial charge in [0.1, 0.15) is 0 Å². The highest BCUT2D eigenvalue weighted by Crippen LogP contribution is 2.43. The van der Waals surface area contributed by atoms with Gasteiger partial charge >= 0.3 is 0 Å². The molecule has 0 spiro atoms. The second kappa shape index (κ2) is 14.6. The molecule has 1 aliphatic heterocycles. The summed E-state index contributed by atoms with van der Waals surface area (Å²) in [7, 11) is 0. The summed E-state index contributed by atoms with van der Waals surface area (Å²) in [5.74, 6) is 0.561. The van der Waals surface area contributed by atoms with Crippen LogP contribution in [0.3, 0.4) is 0 Å². The van der Waals surface area contributed by atoms with Gasteiger partial charge < -0.3 is 19.9 Å². The fraction of sp³-hybridized carbons (Fsp3) is 0.222. The molecule has 0 aliphatic carbocycles. The zero-order chi connectivity index (χ0) is 31.0. The molecular formula is C36H34N4O4S. The summed E-state index contributed by atoms with van der Waals surface area (Å²) in [5.41, 5.74) is 6.37. The number of rotatable bonds is 10. The third-order valence-corrected chi connectivity index (χ3v) is 8.80. The van der Waals surface area contributed by atoms with Crippen LogP contribution in [0.1, 0.15) is 51.9 Å². The van der Waals surface area contributed by atoms with Crippen molar-refractivity contribution in [3.05, 3.63) is 144 Å². The van der Waals surface area contributed by atoms with Crippen LogP contribution in [0.25, 0.3) is 11.1 Å². The Balaban J connectivity index is 1.22. The average Bonchev–Trinajstić information content (AvgIpc) is 3.11. The van der Waals surface area contributed by atoms with Crippen molar-refractivity contribution in [2.45, 2.75) is 43.7 Å². The predicted molar refractivity (Wildman–Crippen MR) is 173 cm³/mol. The number of aliphatic hydroxyl groups excluding tert-OH is 1. The van der Waals surface area contributed by atoms with Crippen molar-refractivity contribution in [3.63, 3.8) is 0 Å². The summed E-state index contributed by atoms with van der Waals surface area (Å²) < 4.78 is 13.3. The van der Waals surface area contributed by atoms with Crippen LogP contribution in [-0.4, -0.2) is 37.8 Å². The monoisotopic (exact) mass is 618 g/mol. The van der Waals surface area contributed by atoms with Crippen LogP contribution in [0.2, 0.25) is 0 Å². The summed E-state index contributed by atoms with van der Waals surface area (Å²) in [6.07, 6.45) is 5.76. The highest BCUT2D eigenvalue weighted by molar-refractivity contribution is 7.99. The van der Waals surface area contributed by atoms with Crippen LogP contribution in [-0.2, 0) is 22.6 Å². The van der Waals surface area contributed by atoms with Gasteiger partial charge in [-0.2, -0.15) is 0 Å². The van der Waals surface area contributed by atoms with Gasteiger partial charge in [-0.3, -0.25) is 9.78 Å². The third-order valence-electron chi connectivity index (χ3n) is 7.84. The third kappa shape index (κ3) is 7.64. The first-order valence-corrected chi connectivity index (χ1v) is 15.8. The maximum absolute atomic E-state index is 12.5. The summed E-state index contributed by atoms with van der Waals surface area (Å²) in [6, 6.07) is 29.5. The van der Waals surface area contributed by atoms with E-state index in [1.165, 1.54) is 0 Å². The number of ether oxygens (including phenoxy) is 2. The molecule has 9 heteroatoms. The molecule has 5 aromatic rings. The summed E-state index contributed by atoms with van der Waals surface area (Å²) in [5, 5.41) is 13.2. The molecule has 1 saturated heterocycles. The molecule has 2 aromatic heterocycles. The van der Waals surface area contributed by atoms with Crippen LogP contribution < -0.4 is 5.32 Å². The number of carbonyl (C=O) groups is 1. The maximum atomic E-state index is 12.5. The van der Waals surface area contributed by atoms with E-state index in [0.717, 1.165) is 33.4 Å². The van der Waals surface area contributed by atoms with Crippen molar-refractivity contribution in [2.24, 2.45) is 5.92 Å². The van der Waals surface area contributed by atoms with Gasteiger partial charge in [0, 0.05) is 48.6 Å². The standard InChI is InChI=1S/C36H34N4O4S/c1-24-32(23-45-36-38-16-5-17-39-36)43-35(44-33(24)27-13-11-25(22-41)12-14-27)30-9-3-8-29(19-30)28-7-2-6-26(18-28)20-40-34(42)31-10-4-15-37-21-31/h2-19,21,24,32-33,35,41H,20,22-23H2,1H3,(H,40,42). The molecule has 0 saturated carbocycles. The minimum Gasteiger partial charge on any atom is -0.392 e. The van der Waals surface area contributed by atoms with Crippen molar-refractivity contribution < 1.29 is 19.4 Å². The number of pyridine rings is 1. The smallest absolute Gasteiger partial charge is 0.253 e. The Morgan fingerprint density at radius 3 is 2.38 bits per heavy atom. The number of carbonyl (C=O) groups excluding carboxylic acids is 1. The zero-order valence-corrected chi connectivity index (χ0v) is 25.6. The Labute approximate surface area is 266 Å². The highest BCUT2D eigenvalue weighted by Gasteiger charge is 2.38. The molecule has 4 unspecified atom stereocenters. The number of hydrogen-bond donors (Lipinski definition) is 2. The number of aliphatic hydroxyl groups is 1. The number of benzene rings is 3. The number of nitrogens with zero attached hydrogens (tertiary/aromatic N) is 3.